The van der Waals surface area contributed by atoms with Crippen molar-refractivity contribution in [1.29, 1.82) is 0 Å². The summed E-state index contributed by atoms with van der Waals surface area (Å²) in [7, 11) is 1.61. The highest BCUT2D eigenvalue weighted by atomic mass is 35.5. The summed E-state index contributed by atoms with van der Waals surface area (Å²) < 4.78 is 1.45. The van der Waals surface area contributed by atoms with Crippen molar-refractivity contribution >= 4 is 35.1 Å². The molecule has 20 heavy (non-hydrogen) atoms. The average Bonchev–Trinajstić information content (AvgIpc) is 2.56. The van der Waals surface area contributed by atoms with E-state index in [0.717, 1.165) is 0 Å². The van der Waals surface area contributed by atoms with Crippen LogP contribution in [0.1, 0.15) is 38.2 Å². The number of rotatable bonds is 4. The molecule has 7 heteroatoms. The van der Waals surface area contributed by atoms with Crippen molar-refractivity contribution in [3.8, 4) is 0 Å². The molecule has 1 rings (SSSR count). The van der Waals surface area contributed by atoms with E-state index in [-0.39, 0.29) is 15.9 Å². The quantitative estimate of drug-likeness (QED) is 0.895. The molecule has 5 nitrogen and oxygen atoms in total. The number of aliphatic carboxylic acids is 1. The number of carbonyl (C=O) groups is 2. The Balaban J connectivity index is 3.07. The minimum Gasteiger partial charge on any atom is -0.481 e. The monoisotopic (exact) mass is 320 g/mol. The van der Waals surface area contributed by atoms with Crippen LogP contribution in [0.2, 0.25) is 10.2 Å². The van der Waals surface area contributed by atoms with Gasteiger partial charge >= 0.3 is 5.97 Å². The Hall–Kier alpha value is -1.20. The van der Waals surface area contributed by atoms with Crippen LogP contribution in [0.5, 0.6) is 0 Å². The molecule has 0 radical (unpaired) electrons. The van der Waals surface area contributed by atoms with E-state index in [2.05, 4.69) is 5.32 Å². The number of carboxylic acid groups (broad SMARTS) is 1. The van der Waals surface area contributed by atoms with Gasteiger partial charge in [0.15, 0.2) is 0 Å². The number of hydrogen-bond acceptors (Lipinski definition) is 2. The lowest BCUT2D eigenvalue weighted by atomic mass is 9.74. The van der Waals surface area contributed by atoms with Gasteiger partial charge in [-0.1, -0.05) is 23.2 Å². The Labute approximate surface area is 127 Å². The van der Waals surface area contributed by atoms with Crippen molar-refractivity contribution in [2.45, 2.75) is 33.2 Å². The SMILES string of the molecule is Cn1c(C(=O)NC(C)(C)C(C)(C)C(=O)O)cc(Cl)c1Cl. The molecule has 1 aromatic heterocycles. The molecular weight excluding hydrogens is 303 g/mol. The molecular formula is C13H18Cl2N2O3. The van der Waals surface area contributed by atoms with Crippen LogP contribution in [0.3, 0.4) is 0 Å². The number of aromatic nitrogens is 1. The van der Waals surface area contributed by atoms with Gasteiger partial charge in [-0.3, -0.25) is 9.59 Å². The molecule has 0 aliphatic carbocycles. The van der Waals surface area contributed by atoms with Crippen LogP contribution >= 0.6 is 23.2 Å². The number of carbonyl (C=O) groups excluding carboxylic acids is 1. The molecule has 1 aromatic rings. The Morgan fingerprint density at radius 3 is 2.10 bits per heavy atom. The van der Waals surface area contributed by atoms with E-state index in [1.165, 1.54) is 10.6 Å². The molecule has 0 spiro atoms. The molecule has 2 N–H and O–H groups in total. The maximum absolute atomic E-state index is 12.3. The maximum atomic E-state index is 12.3. The minimum absolute atomic E-state index is 0.257. The fourth-order valence-electron chi connectivity index (χ4n) is 1.53. The summed E-state index contributed by atoms with van der Waals surface area (Å²) >= 11 is 11.8. The van der Waals surface area contributed by atoms with E-state index in [1.807, 2.05) is 0 Å². The first-order valence-corrected chi connectivity index (χ1v) is 6.74. The third-order valence-corrected chi connectivity index (χ3v) is 4.71. The number of halogens is 2. The van der Waals surface area contributed by atoms with Crippen molar-refractivity contribution in [3.63, 3.8) is 0 Å². The van der Waals surface area contributed by atoms with Gasteiger partial charge in [0.25, 0.3) is 5.91 Å². The van der Waals surface area contributed by atoms with E-state index in [9.17, 15) is 14.7 Å². The second-order valence-corrected chi connectivity index (χ2v) is 6.50. The first-order valence-electron chi connectivity index (χ1n) is 5.98. The highest BCUT2D eigenvalue weighted by Gasteiger charge is 2.44. The lowest BCUT2D eigenvalue weighted by Crippen LogP contribution is -2.57. The zero-order valence-corrected chi connectivity index (χ0v) is 13.6. The van der Waals surface area contributed by atoms with Crippen LogP contribution in [-0.2, 0) is 11.8 Å². The van der Waals surface area contributed by atoms with Crippen molar-refractivity contribution in [1.82, 2.24) is 9.88 Å². The summed E-state index contributed by atoms with van der Waals surface area (Å²) in [4.78, 5) is 23.6. The van der Waals surface area contributed by atoms with Gasteiger partial charge in [-0.2, -0.15) is 0 Å². The van der Waals surface area contributed by atoms with Gasteiger partial charge in [0.05, 0.1) is 16.0 Å². The molecule has 0 aliphatic rings. The molecule has 0 saturated heterocycles. The van der Waals surface area contributed by atoms with Crippen molar-refractivity contribution in [2.75, 3.05) is 0 Å². The average molecular weight is 321 g/mol. The summed E-state index contributed by atoms with van der Waals surface area (Å²) in [6.45, 7) is 6.43. The van der Waals surface area contributed by atoms with E-state index < -0.39 is 22.8 Å². The topological polar surface area (TPSA) is 71.3 Å². The summed E-state index contributed by atoms with van der Waals surface area (Å²) in [6.07, 6.45) is 0. The number of nitrogens with one attached hydrogen (secondary N) is 1. The second kappa shape index (κ2) is 5.30. The molecule has 1 amide bonds. The number of hydrogen-bond donors (Lipinski definition) is 2. The molecule has 0 aliphatic heterocycles. The Bertz CT molecular complexity index is 562. The van der Waals surface area contributed by atoms with Gasteiger partial charge in [-0.05, 0) is 33.8 Å². The zero-order chi connectivity index (χ0) is 15.9. The highest BCUT2D eigenvalue weighted by molar-refractivity contribution is 6.41. The van der Waals surface area contributed by atoms with Crippen molar-refractivity contribution in [2.24, 2.45) is 12.5 Å². The van der Waals surface area contributed by atoms with Gasteiger partial charge in [0.2, 0.25) is 0 Å². The molecule has 1 heterocycles. The first-order chi connectivity index (χ1) is 8.91. The molecule has 0 aromatic carbocycles. The largest absolute Gasteiger partial charge is 0.481 e. The fourth-order valence-corrected chi connectivity index (χ4v) is 1.91. The smallest absolute Gasteiger partial charge is 0.311 e. The molecule has 0 unspecified atom stereocenters. The summed E-state index contributed by atoms with van der Waals surface area (Å²) in [5.41, 5.74) is -1.82. The van der Waals surface area contributed by atoms with Gasteiger partial charge < -0.3 is 15.0 Å². The Morgan fingerprint density at radius 1 is 1.25 bits per heavy atom. The predicted octanol–water partition coefficient (Wildman–Crippen LogP) is 2.95. The third kappa shape index (κ3) is 2.79. The first kappa shape index (κ1) is 16.9. The number of nitrogens with zero attached hydrogens (tertiary/aromatic N) is 1. The number of amides is 1. The molecule has 0 bridgehead atoms. The van der Waals surface area contributed by atoms with Crippen molar-refractivity contribution < 1.29 is 14.7 Å². The summed E-state index contributed by atoms with van der Waals surface area (Å²) in [6, 6.07) is 1.45. The van der Waals surface area contributed by atoms with Gasteiger partial charge in [0.1, 0.15) is 10.8 Å². The van der Waals surface area contributed by atoms with Crippen LogP contribution in [0.25, 0.3) is 0 Å². The third-order valence-electron chi connectivity index (χ3n) is 3.87. The van der Waals surface area contributed by atoms with Crippen LogP contribution in [0.15, 0.2) is 6.07 Å². The normalized spacial score (nSPS) is 12.3. The van der Waals surface area contributed by atoms with Crippen LogP contribution < -0.4 is 5.32 Å². The minimum atomic E-state index is -1.14. The fraction of sp³-hybridized carbons (Fsp3) is 0.538. The predicted molar refractivity (Wildman–Crippen MR) is 78.4 cm³/mol. The van der Waals surface area contributed by atoms with Gasteiger partial charge in [-0.15, -0.1) is 0 Å². The van der Waals surface area contributed by atoms with E-state index >= 15 is 0 Å². The van der Waals surface area contributed by atoms with Gasteiger partial charge in [-0.25, -0.2) is 0 Å². The lowest BCUT2D eigenvalue weighted by Gasteiger charge is -2.38. The maximum Gasteiger partial charge on any atom is 0.311 e. The van der Waals surface area contributed by atoms with Crippen LogP contribution in [-0.4, -0.2) is 27.1 Å². The van der Waals surface area contributed by atoms with E-state index in [0.29, 0.717) is 0 Å². The standard InChI is InChI=1S/C13H18Cl2N2O3/c1-12(2,11(19)20)13(3,4)16-10(18)8-6-7(14)9(15)17(8)5/h6H,1-5H3,(H,16,18)(H,19,20). The van der Waals surface area contributed by atoms with Crippen molar-refractivity contribution in [3.05, 3.63) is 21.9 Å². The number of carboxylic acids is 1. The lowest BCUT2D eigenvalue weighted by molar-refractivity contribution is -0.150. The Morgan fingerprint density at radius 2 is 1.75 bits per heavy atom. The van der Waals surface area contributed by atoms with Crippen LogP contribution in [0.4, 0.5) is 0 Å². The van der Waals surface area contributed by atoms with Crippen LogP contribution in [0, 0.1) is 5.41 Å². The Kier molecular flexibility index (Phi) is 4.46. The zero-order valence-electron chi connectivity index (χ0n) is 12.0. The molecule has 0 atom stereocenters. The second-order valence-electron chi connectivity index (χ2n) is 5.74. The highest BCUT2D eigenvalue weighted by Crippen LogP contribution is 2.32. The van der Waals surface area contributed by atoms with E-state index in [1.54, 1.807) is 34.7 Å². The summed E-state index contributed by atoms with van der Waals surface area (Å²) in [5, 5.41) is 12.5. The summed E-state index contributed by atoms with van der Waals surface area (Å²) in [5.74, 6) is -1.42. The molecule has 112 valence electrons. The van der Waals surface area contributed by atoms with E-state index in [4.69, 9.17) is 23.2 Å². The molecule has 0 saturated carbocycles. The molecule has 0 fully saturated rings. The van der Waals surface area contributed by atoms with Gasteiger partial charge in [0, 0.05) is 7.05 Å².